The molecule has 1 fully saturated rings. The number of nitrogens with one attached hydrogen (secondary N) is 1. The van der Waals surface area contributed by atoms with Crippen LogP contribution in [0, 0.1) is 0 Å². The van der Waals surface area contributed by atoms with Gasteiger partial charge in [-0.3, -0.25) is 4.79 Å². The number of aromatic nitrogens is 2. The summed E-state index contributed by atoms with van der Waals surface area (Å²) >= 11 is 0. The number of rotatable bonds is 2. The molecule has 2 N–H and O–H groups in total. The Labute approximate surface area is 111 Å². The molecular formula is C15H16N2O2. The highest BCUT2D eigenvalue weighted by Gasteiger charge is 2.19. The first-order valence-corrected chi connectivity index (χ1v) is 6.63. The van der Waals surface area contributed by atoms with E-state index in [1.165, 1.54) is 12.8 Å². The molecule has 3 rings (SSSR count). The molecule has 1 aliphatic carbocycles. The van der Waals surface area contributed by atoms with Gasteiger partial charge in [0.25, 0.3) is 5.56 Å². The van der Waals surface area contributed by atoms with Crippen LogP contribution in [-0.2, 0) is 0 Å². The molecule has 1 aromatic heterocycles. The Morgan fingerprint density at radius 3 is 2.53 bits per heavy atom. The smallest absolute Gasteiger partial charge is 0.251 e. The summed E-state index contributed by atoms with van der Waals surface area (Å²) in [4.78, 5) is 19.1. The van der Waals surface area contributed by atoms with Gasteiger partial charge in [0.05, 0.1) is 5.69 Å². The van der Waals surface area contributed by atoms with Gasteiger partial charge < -0.3 is 10.1 Å². The summed E-state index contributed by atoms with van der Waals surface area (Å²) in [6.45, 7) is 0. The Morgan fingerprint density at radius 2 is 1.84 bits per heavy atom. The minimum absolute atomic E-state index is 0.111. The highest BCUT2D eigenvalue weighted by molar-refractivity contribution is 5.56. The van der Waals surface area contributed by atoms with Crippen molar-refractivity contribution in [1.29, 1.82) is 0 Å². The molecule has 1 aliphatic rings. The highest BCUT2D eigenvalue weighted by Crippen LogP contribution is 2.33. The van der Waals surface area contributed by atoms with Crippen LogP contribution in [0.2, 0.25) is 0 Å². The zero-order valence-electron chi connectivity index (χ0n) is 10.6. The fourth-order valence-electron chi connectivity index (χ4n) is 2.66. The molecule has 0 aliphatic heterocycles. The molecule has 2 aromatic rings. The normalized spacial score (nSPS) is 15.8. The van der Waals surface area contributed by atoms with Gasteiger partial charge in [0, 0.05) is 17.5 Å². The molecule has 0 unspecified atom stereocenters. The number of aromatic amines is 1. The second-order valence-electron chi connectivity index (χ2n) is 5.05. The van der Waals surface area contributed by atoms with Gasteiger partial charge in [-0.1, -0.05) is 12.8 Å². The Balaban J connectivity index is 2.01. The zero-order valence-corrected chi connectivity index (χ0v) is 10.6. The van der Waals surface area contributed by atoms with E-state index in [-0.39, 0.29) is 11.3 Å². The molecule has 0 amide bonds. The molecule has 1 aromatic carbocycles. The van der Waals surface area contributed by atoms with Crippen molar-refractivity contribution in [2.45, 2.75) is 31.6 Å². The lowest BCUT2D eigenvalue weighted by Gasteiger charge is -2.09. The average molecular weight is 256 g/mol. The fraction of sp³-hybridized carbons (Fsp3) is 0.333. The van der Waals surface area contributed by atoms with Crippen molar-refractivity contribution >= 4 is 0 Å². The van der Waals surface area contributed by atoms with E-state index in [9.17, 15) is 9.90 Å². The van der Waals surface area contributed by atoms with Crippen molar-refractivity contribution in [2.75, 3.05) is 0 Å². The van der Waals surface area contributed by atoms with E-state index in [1.54, 1.807) is 30.3 Å². The maximum atomic E-state index is 11.8. The molecule has 0 atom stereocenters. The van der Waals surface area contributed by atoms with E-state index in [0.717, 1.165) is 24.1 Å². The van der Waals surface area contributed by atoms with Crippen LogP contribution in [-0.4, -0.2) is 15.1 Å². The lowest BCUT2D eigenvalue weighted by molar-refractivity contribution is 0.475. The third kappa shape index (κ3) is 2.52. The summed E-state index contributed by atoms with van der Waals surface area (Å²) in [7, 11) is 0. The van der Waals surface area contributed by atoms with E-state index in [0.29, 0.717) is 11.7 Å². The quantitative estimate of drug-likeness (QED) is 0.868. The Hall–Kier alpha value is -2.10. The van der Waals surface area contributed by atoms with Gasteiger partial charge in [0.15, 0.2) is 0 Å². The van der Waals surface area contributed by atoms with Crippen LogP contribution in [0.1, 0.15) is 37.3 Å². The standard InChI is InChI=1S/C15H16N2O2/c18-12-7-5-11(6-8-12)15-16-13(9-14(19)17-15)10-3-1-2-4-10/h5-10,18H,1-4H2,(H,16,17,19). The van der Waals surface area contributed by atoms with Crippen LogP contribution in [0.15, 0.2) is 35.1 Å². The molecule has 4 heteroatoms. The van der Waals surface area contributed by atoms with Gasteiger partial charge in [0.2, 0.25) is 0 Å². The molecule has 0 radical (unpaired) electrons. The molecule has 0 saturated heterocycles. The zero-order chi connectivity index (χ0) is 13.2. The van der Waals surface area contributed by atoms with Crippen LogP contribution >= 0.6 is 0 Å². The Bertz CT molecular complexity index is 625. The predicted molar refractivity (Wildman–Crippen MR) is 73.2 cm³/mol. The van der Waals surface area contributed by atoms with Crippen LogP contribution in [0.25, 0.3) is 11.4 Å². The van der Waals surface area contributed by atoms with E-state index in [1.807, 2.05) is 0 Å². The largest absolute Gasteiger partial charge is 0.508 e. The highest BCUT2D eigenvalue weighted by atomic mass is 16.3. The molecule has 0 bridgehead atoms. The third-order valence-corrected chi connectivity index (χ3v) is 3.68. The third-order valence-electron chi connectivity index (χ3n) is 3.68. The number of benzene rings is 1. The van der Waals surface area contributed by atoms with E-state index < -0.39 is 0 Å². The molecule has 1 heterocycles. The Morgan fingerprint density at radius 1 is 1.16 bits per heavy atom. The fourth-order valence-corrected chi connectivity index (χ4v) is 2.66. The first kappa shape index (κ1) is 12.0. The van der Waals surface area contributed by atoms with Gasteiger partial charge in [-0.25, -0.2) is 4.98 Å². The number of aromatic hydroxyl groups is 1. The number of phenolic OH excluding ortho intramolecular Hbond substituents is 1. The summed E-state index contributed by atoms with van der Waals surface area (Å²) < 4.78 is 0. The maximum absolute atomic E-state index is 11.8. The van der Waals surface area contributed by atoms with E-state index in [2.05, 4.69) is 9.97 Å². The SMILES string of the molecule is O=c1cc(C2CCCC2)nc(-c2ccc(O)cc2)[nH]1. The molecule has 98 valence electrons. The number of hydrogen-bond donors (Lipinski definition) is 2. The first-order valence-electron chi connectivity index (χ1n) is 6.63. The number of H-pyrrole nitrogens is 1. The van der Waals surface area contributed by atoms with Crippen LogP contribution in [0.4, 0.5) is 0 Å². The van der Waals surface area contributed by atoms with Crippen molar-refractivity contribution in [2.24, 2.45) is 0 Å². The van der Waals surface area contributed by atoms with Crippen molar-refractivity contribution < 1.29 is 5.11 Å². The monoisotopic (exact) mass is 256 g/mol. The van der Waals surface area contributed by atoms with Gasteiger partial charge in [-0.2, -0.15) is 0 Å². The van der Waals surface area contributed by atoms with E-state index in [4.69, 9.17) is 0 Å². The Kier molecular flexibility index (Phi) is 3.07. The molecule has 0 spiro atoms. The summed E-state index contributed by atoms with van der Waals surface area (Å²) in [5.41, 5.74) is 1.60. The van der Waals surface area contributed by atoms with Crippen molar-refractivity contribution in [3.8, 4) is 17.1 Å². The van der Waals surface area contributed by atoms with Gasteiger partial charge in [0.1, 0.15) is 11.6 Å². The summed E-state index contributed by atoms with van der Waals surface area (Å²) in [5, 5.41) is 9.29. The van der Waals surface area contributed by atoms with Gasteiger partial charge in [-0.15, -0.1) is 0 Å². The van der Waals surface area contributed by atoms with Gasteiger partial charge in [-0.05, 0) is 37.1 Å². The first-order chi connectivity index (χ1) is 9.22. The van der Waals surface area contributed by atoms with Crippen molar-refractivity contribution in [3.63, 3.8) is 0 Å². The van der Waals surface area contributed by atoms with Crippen molar-refractivity contribution in [3.05, 3.63) is 46.4 Å². The number of phenols is 1. The number of hydrogen-bond acceptors (Lipinski definition) is 3. The molecule has 4 nitrogen and oxygen atoms in total. The van der Waals surface area contributed by atoms with Crippen LogP contribution in [0.5, 0.6) is 5.75 Å². The minimum Gasteiger partial charge on any atom is -0.508 e. The van der Waals surface area contributed by atoms with Crippen LogP contribution in [0.3, 0.4) is 0 Å². The molecule has 1 saturated carbocycles. The second-order valence-corrected chi connectivity index (χ2v) is 5.05. The number of nitrogens with zero attached hydrogens (tertiary/aromatic N) is 1. The summed E-state index contributed by atoms with van der Waals surface area (Å²) in [5.74, 6) is 1.20. The van der Waals surface area contributed by atoms with Gasteiger partial charge >= 0.3 is 0 Å². The minimum atomic E-state index is -0.111. The maximum Gasteiger partial charge on any atom is 0.251 e. The molecular weight excluding hydrogens is 240 g/mol. The van der Waals surface area contributed by atoms with Crippen molar-refractivity contribution in [1.82, 2.24) is 9.97 Å². The predicted octanol–water partition coefficient (Wildman–Crippen LogP) is 2.80. The van der Waals surface area contributed by atoms with E-state index >= 15 is 0 Å². The summed E-state index contributed by atoms with van der Waals surface area (Å²) in [6, 6.07) is 8.31. The average Bonchev–Trinajstić information content (AvgIpc) is 2.93. The topological polar surface area (TPSA) is 66.0 Å². The molecule has 19 heavy (non-hydrogen) atoms. The van der Waals surface area contributed by atoms with Crippen LogP contribution < -0.4 is 5.56 Å². The lowest BCUT2D eigenvalue weighted by Crippen LogP contribution is -2.12. The lowest BCUT2D eigenvalue weighted by atomic mass is 10.0. The summed E-state index contributed by atoms with van der Waals surface area (Å²) in [6.07, 6.45) is 4.66. The second kappa shape index (κ2) is 4.88.